The Labute approximate surface area is 192 Å². The van der Waals surface area contributed by atoms with Crippen LogP contribution in [-0.4, -0.2) is 31.1 Å². The van der Waals surface area contributed by atoms with Crippen molar-refractivity contribution in [1.29, 1.82) is 0 Å². The average molecular weight is 455 g/mol. The van der Waals surface area contributed by atoms with Crippen LogP contribution in [0.1, 0.15) is 11.3 Å². The van der Waals surface area contributed by atoms with E-state index in [9.17, 15) is 5.11 Å². The molecule has 0 amide bonds. The third-order valence-electron chi connectivity index (χ3n) is 3.97. The van der Waals surface area contributed by atoms with Gasteiger partial charge in [-0.3, -0.25) is 0 Å². The van der Waals surface area contributed by atoms with Crippen LogP contribution in [-0.2, 0) is 17.1 Å². The quantitative estimate of drug-likeness (QED) is 0.478. The Morgan fingerprint density at radius 1 is 0.967 bits per heavy atom. The first-order valence-corrected chi connectivity index (χ1v) is 9.69. The summed E-state index contributed by atoms with van der Waals surface area (Å²) in [6.07, 6.45) is 22.6. The normalized spacial score (nSPS) is 16.4. The zero-order valence-corrected chi connectivity index (χ0v) is 17.6. The van der Waals surface area contributed by atoms with Gasteiger partial charge in [0, 0.05) is 17.7 Å². The van der Waals surface area contributed by atoms with E-state index in [1.165, 1.54) is 17.7 Å². The predicted molar refractivity (Wildman–Crippen MR) is 113 cm³/mol. The molecule has 2 fully saturated rings. The van der Waals surface area contributed by atoms with Gasteiger partial charge in [-0.05, 0) is 69.9 Å². The number of aromatic nitrogens is 4. The molecule has 0 bridgehead atoms. The van der Waals surface area contributed by atoms with Gasteiger partial charge in [-0.15, -0.1) is 0 Å². The van der Waals surface area contributed by atoms with E-state index in [4.69, 9.17) is 0 Å². The molecule has 1 N–H and O–H groups in total. The number of phenolic OH excluding ortho intramolecular Hbond substituents is 1. The number of nitrogens with zero attached hydrogens (tertiary/aromatic N) is 5. The monoisotopic (exact) mass is 455 g/mol. The fraction of sp³-hybridized carbons (Fsp3) is 0. The number of benzene rings is 1. The third kappa shape index (κ3) is 5.78. The molecule has 2 aliphatic carbocycles. The Morgan fingerprint density at radius 3 is 2.30 bits per heavy atom. The number of para-hydroxylation sites is 1. The van der Waals surface area contributed by atoms with Crippen LogP contribution in [0.2, 0.25) is 0 Å². The van der Waals surface area contributed by atoms with Crippen LogP contribution in [0.3, 0.4) is 0 Å². The Balaban J connectivity index is 0.000000376. The molecule has 6 nitrogen and oxygen atoms in total. The largest absolute Gasteiger partial charge is 2.00 e. The van der Waals surface area contributed by atoms with E-state index in [1.54, 1.807) is 35.4 Å². The van der Waals surface area contributed by atoms with Gasteiger partial charge in [0.1, 0.15) is 23.4 Å². The summed E-state index contributed by atoms with van der Waals surface area (Å²) in [6, 6.07) is 7.04. The van der Waals surface area contributed by atoms with E-state index < -0.39 is 0 Å². The summed E-state index contributed by atoms with van der Waals surface area (Å²) in [5, 5.41) is 15.4. The van der Waals surface area contributed by atoms with Crippen molar-refractivity contribution < 1.29 is 22.2 Å². The minimum absolute atomic E-state index is 0. The number of rotatable bonds is 4. The van der Waals surface area contributed by atoms with Crippen LogP contribution >= 0.6 is 11.3 Å². The Morgan fingerprint density at radius 2 is 1.67 bits per heavy atom. The predicted octanol–water partition coefficient (Wildman–Crippen LogP) is 3.95. The van der Waals surface area contributed by atoms with E-state index in [2.05, 4.69) is 20.1 Å². The summed E-state index contributed by atoms with van der Waals surface area (Å²) in [5.74, 6) is 1.19. The fourth-order valence-electron chi connectivity index (χ4n) is 2.59. The zero-order valence-electron chi connectivity index (χ0n) is 15.7. The van der Waals surface area contributed by atoms with Gasteiger partial charge in [0.2, 0.25) is 5.13 Å². The van der Waals surface area contributed by atoms with Crippen LogP contribution < -0.4 is 0 Å². The molecule has 2 saturated carbocycles. The topological polar surface area (TPSA) is 76.2 Å². The molecule has 0 spiro atoms. The van der Waals surface area contributed by atoms with Crippen LogP contribution in [0.5, 0.6) is 5.75 Å². The fourth-order valence-corrected chi connectivity index (χ4v) is 3.45. The van der Waals surface area contributed by atoms with Gasteiger partial charge in [-0.25, -0.2) is 19.6 Å². The Hall–Kier alpha value is -2.02. The summed E-state index contributed by atoms with van der Waals surface area (Å²) < 4.78 is 1.68. The molecule has 2 aromatic heterocycles. The number of aromatic hydroxyl groups is 1. The second kappa shape index (κ2) is 11.4. The maximum atomic E-state index is 9.82. The first-order valence-electron chi connectivity index (χ1n) is 8.88. The van der Waals surface area contributed by atoms with Crippen LogP contribution in [0.15, 0.2) is 41.9 Å². The molecule has 1 aromatic carbocycles. The molecule has 8 heteroatoms. The number of aliphatic imine (C=N–C) groups is 1. The second-order valence-electron chi connectivity index (χ2n) is 5.94. The molecular formula is C22H17FeN5OS+2. The van der Waals surface area contributed by atoms with Gasteiger partial charge in [-0.1, -0.05) is 23.5 Å². The number of hydrogen-bond donors (Lipinski definition) is 1. The molecule has 10 radical (unpaired) electrons. The van der Waals surface area contributed by atoms with Crippen molar-refractivity contribution in [3.63, 3.8) is 0 Å². The van der Waals surface area contributed by atoms with Gasteiger partial charge in [0.25, 0.3) is 0 Å². The first kappa shape index (κ1) is 22.7. The summed E-state index contributed by atoms with van der Waals surface area (Å²) in [6.45, 7) is 0. The Bertz CT molecular complexity index is 923. The van der Waals surface area contributed by atoms with E-state index in [-0.39, 0.29) is 22.8 Å². The molecule has 0 saturated heterocycles. The van der Waals surface area contributed by atoms with Gasteiger partial charge in [0.05, 0.1) is 5.69 Å². The Kier molecular flexibility index (Phi) is 8.61. The summed E-state index contributed by atoms with van der Waals surface area (Å²) >= 11 is 1.41. The zero-order chi connectivity index (χ0) is 19.9. The summed E-state index contributed by atoms with van der Waals surface area (Å²) in [7, 11) is 0. The summed E-state index contributed by atoms with van der Waals surface area (Å²) in [5.41, 5.74) is 1.45. The van der Waals surface area contributed by atoms with Crippen molar-refractivity contribution in [3.8, 4) is 10.8 Å². The molecule has 0 atom stereocenters. The summed E-state index contributed by atoms with van der Waals surface area (Å²) in [4.78, 5) is 13.0. The van der Waals surface area contributed by atoms with Crippen molar-refractivity contribution in [1.82, 2.24) is 19.7 Å². The van der Waals surface area contributed by atoms with Crippen molar-refractivity contribution in [3.05, 3.63) is 112 Å². The molecule has 30 heavy (non-hydrogen) atoms. The number of thiazole rings is 1. The minimum atomic E-state index is 0. The minimum Gasteiger partial charge on any atom is -0.507 e. The van der Waals surface area contributed by atoms with E-state index in [1.807, 2.05) is 63.9 Å². The van der Waals surface area contributed by atoms with Crippen molar-refractivity contribution in [2.24, 2.45) is 4.99 Å². The SMILES string of the molecule is Oc1ccccc1/C=N/c1nc([C]2[CH][CH][CH][CH]2)c(-n2cncn2)s1.[CH]1[CH][CH][CH][CH]1.[Fe+2]. The standard InChI is InChI=1S/C17H12N5OS.C5H5.Fe/c23-14-8-4-3-7-13(14)9-19-17-21-15(12-5-1-2-6-12)16(24-17)22-11-18-10-20-22;1-2-4-5-3-1;/h1-11,23H;1-5H;/q;;+2/b19-9+;;. The maximum absolute atomic E-state index is 9.82. The van der Waals surface area contributed by atoms with E-state index in [0.29, 0.717) is 10.7 Å². The van der Waals surface area contributed by atoms with E-state index >= 15 is 0 Å². The van der Waals surface area contributed by atoms with Crippen molar-refractivity contribution in [2.45, 2.75) is 0 Å². The van der Waals surface area contributed by atoms with Crippen LogP contribution in [0, 0.1) is 63.7 Å². The molecule has 2 heterocycles. The molecule has 0 unspecified atom stereocenters. The van der Waals surface area contributed by atoms with Gasteiger partial charge >= 0.3 is 17.1 Å². The number of hydrogen-bond acceptors (Lipinski definition) is 6. The first-order chi connectivity index (χ1) is 14.3. The van der Waals surface area contributed by atoms with Gasteiger partial charge < -0.3 is 5.11 Å². The molecule has 3 aromatic rings. The molecule has 2 aliphatic rings. The van der Waals surface area contributed by atoms with Crippen LogP contribution in [0.4, 0.5) is 5.13 Å². The molecular weight excluding hydrogens is 438 g/mol. The second-order valence-corrected chi connectivity index (χ2v) is 6.90. The van der Waals surface area contributed by atoms with E-state index in [0.717, 1.165) is 16.6 Å². The van der Waals surface area contributed by atoms with Gasteiger partial charge in [-0.2, -0.15) is 5.10 Å². The van der Waals surface area contributed by atoms with Crippen molar-refractivity contribution >= 4 is 22.7 Å². The molecule has 5 rings (SSSR count). The van der Waals surface area contributed by atoms with Crippen molar-refractivity contribution in [2.75, 3.05) is 0 Å². The van der Waals surface area contributed by atoms with Crippen LogP contribution in [0.25, 0.3) is 5.00 Å². The average Bonchev–Trinajstić information content (AvgIpc) is 3.55. The molecule has 148 valence electrons. The third-order valence-corrected chi connectivity index (χ3v) is 4.92. The molecule has 0 aliphatic heterocycles. The maximum Gasteiger partial charge on any atom is 2.00 e. The smallest absolute Gasteiger partial charge is 0.507 e. The van der Waals surface area contributed by atoms with Gasteiger partial charge in [0.15, 0.2) is 0 Å². The number of phenols is 1.